The van der Waals surface area contributed by atoms with E-state index < -0.39 is 0 Å². The van der Waals surface area contributed by atoms with Crippen molar-refractivity contribution in [1.82, 2.24) is 4.98 Å². The fraction of sp³-hybridized carbons (Fsp3) is 0.143. The van der Waals surface area contributed by atoms with Crippen molar-refractivity contribution in [1.29, 1.82) is 5.26 Å². The average Bonchev–Trinajstić information content (AvgIpc) is 2.33. The van der Waals surface area contributed by atoms with Crippen LogP contribution in [0.15, 0.2) is 28.7 Å². The Morgan fingerprint density at radius 2 is 2.05 bits per heavy atom. The van der Waals surface area contributed by atoms with Gasteiger partial charge >= 0.3 is 0 Å². The van der Waals surface area contributed by atoms with Crippen LogP contribution in [0.2, 0.25) is 5.02 Å². The Balaban J connectivity index is 2.43. The largest absolute Gasteiger partial charge is 0.339 e. The first-order valence-corrected chi connectivity index (χ1v) is 6.79. The van der Waals surface area contributed by atoms with Crippen molar-refractivity contribution in [2.45, 2.75) is 13.8 Å². The van der Waals surface area contributed by atoms with Crippen LogP contribution < -0.4 is 5.32 Å². The molecule has 0 bridgehead atoms. The van der Waals surface area contributed by atoms with Gasteiger partial charge in [-0.1, -0.05) is 11.6 Å². The van der Waals surface area contributed by atoms with Crippen LogP contribution in [-0.2, 0) is 0 Å². The van der Waals surface area contributed by atoms with Crippen LogP contribution in [0.4, 0.5) is 11.5 Å². The van der Waals surface area contributed by atoms with Gasteiger partial charge in [0.05, 0.1) is 10.6 Å². The second kappa shape index (κ2) is 5.60. The maximum atomic E-state index is 9.20. The lowest BCUT2D eigenvalue weighted by atomic mass is 10.1. The van der Waals surface area contributed by atoms with Crippen LogP contribution in [0.5, 0.6) is 0 Å². The highest BCUT2D eigenvalue weighted by atomic mass is 79.9. The molecular weight excluding hydrogens is 326 g/mol. The number of hydrogen-bond donors (Lipinski definition) is 1. The summed E-state index contributed by atoms with van der Waals surface area (Å²) in [5, 5.41) is 12.9. The lowest BCUT2D eigenvalue weighted by Gasteiger charge is -2.11. The molecule has 96 valence electrons. The summed E-state index contributed by atoms with van der Waals surface area (Å²) >= 11 is 9.38. The highest BCUT2D eigenvalue weighted by Gasteiger charge is 2.09. The van der Waals surface area contributed by atoms with Crippen LogP contribution in [0.3, 0.4) is 0 Å². The van der Waals surface area contributed by atoms with E-state index in [-0.39, 0.29) is 0 Å². The first kappa shape index (κ1) is 13.9. The van der Waals surface area contributed by atoms with E-state index >= 15 is 0 Å². The molecule has 0 saturated heterocycles. The minimum Gasteiger partial charge on any atom is -0.339 e. The second-order valence-electron chi connectivity index (χ2n) is 4.17. The van der Waals surface area contributed by atoms with Crippen LogP contribution in [-0.4, -0.2) is 4.98 Å². The Hall–Kier alpha value is -1.57. The summed E-state index contributed by atoms with van der Waals surface area (Å²) in [6.07, 6.45) is 0. The van der Waals surface area contributed by atoms with Gasteiger partial charge in [0.1, 0.15) is 11.9 Å². The third kappa shape index (κ3) is 3.06. The molecular formula is C14H11BrClN3. The predicted molar refractivity (Wildman–Crippen MR) is 80.9 cm³/mol. The number of rotatable bonds is 2. The van der Waals surface area contributed by atoms with Crippen LogP contribution in [0.1, 0.15) is 16.8 Å². The fourth-order valence-electron chi connectivity index (χ4n) is 1.78. The Morgan fingerprint density at radius 1 is 1.32 bits per heavy atom. The summed E-state index contributed by atoms with van der Waals surface area (Å²) in [6, 6.07) is 9.56. The average molecular weight is 337 g/mol. The molecule has 0 aliphatic carbocycles. The molecule has 0 aliphatic rings. The van der Waals surface area contributed by atoms with E-state index in [4.69, 9.17) is 11.6 Å². The summed E-state index contributed by atoms with van der Waals surface area (Å²) in [5.41, 5.74) is 3.11. The normalized spacial score (nSPS) is 10.1. The Bertz CT molecular complexity index is 677. The van der Waals surface area contributed by atoms with Crippen LogP contribution in [0, 0.1) is 25.2 Å². The molecule has 1 heterocycles. The van der Waals surface area contributed by atoms with E-state index in [1.807, 2.05) is 32.0 Å². The van der Waals surface area contributed by atoms with Gasteiger partial charge in [-0.25, -0.2) is 4.98 Å². The maximum absolute atomic E-state index is 9.20. The molecule has 19 heavy (non-hydrogen) atoms. The van der Waals surface area contributed by atoms with Crippen molar-refractivity contribution >= 4 is 39.0 Å². The quantitative estimate of drug-likeness (QED) is 0.862. The molecule has 1 aromatic carbocycles. The number of nitriles is 1. The number of pyridine rings is 1. The van der Waals surface area contributed by atoms with Gasteiger partial charge in [-0.2, -0.15) is 5.26 Å². The molecule has 3 nitrogen and oxygen atoms in total. The number of anilines is 2. The number of halogens is 2. The molecule has 0 radical (unpaired) electrons. The first-order valence-electron chi connectivity index (χ1n) is 5.61. The molecule has 0 fully saturated rings. The number of aromatic nitrogens is 1. The van der Waals surface area contributed by atoms with E-state index in [9.17, 15) is 5.26 Å². The molecule has 0 atom stereocenters. The Morgan fingerprint density at radius 3 is 2.68 bits per heavy atom. The van der Waals surface area contributed by atoms with Crippen molar-refractivity contribution in [3.8, 4) is 6.07 Å². The van der Waals surface area contributed by atoms with Crippen molar-refractivity contribution < 1.29 is 0 Å². The van der Waals surface area contributed by atoms with Crippen molar-refractivity contribution in [3.05, 3.63) is 50.6 Å². The highest BCUT2D eigenvalue weighted by Crippen LogP contribution is 2.28. The third-order valence-corrected chi connectivity index (χ3v) is 3.87. The van der Waals surface area contributed by atoms with Crippen LogP contribution in [0.25, 0.3) is 0 Å². The summed E-state index contributed by atoms with van der Waals surface area (Å²) in [7, 11) is 0. The van der Waals surface area contributed by atoms with Crippen molar-refractivity contribution in [2.24, 2.45) is 0 Å². The standard InChI is InChI=1S/C14H11BrClN3/c1-8-5-9(2)18-14(11(8)7-17)19-10-3-4-12(15)13(16)6-10/h3-6H,1-2H3,(H,18,19). The van der Waals surface area contributed by atoms with Gasteiger partial charge in [-0.15, -0.1) is 0 Å². The lowest BCUT2D eigenvalue weighted by molar-refractivity contribution is 1.16. The smallest absolute Gasteiger partial charge is 0.148 e. The van der Waals surface area contributed by atoms with E-state index in [1.165, 1.54) is 0 Å². The predicted octanol–water partition coefficient (Wildman–Crippen LogP) is 4.73. The fourth-order valence-corrected chi connectivity index (χ4v) is 2.21. The minimum absolute atomic E-state index is 0.546. The van der Waals surface area contributed by atoms with Gasteiger partial charge in [-0.3, -0.25) is 0 Å². The molecule has 5 heteroatoms. The molecule has 1 aromatic heterocycles. The van der Waals surface area contributed by atoms with Gasteiger partial charge < -0.3 is 5.32 Å². The maximum Gasteiger partial charge on any atom is 0.148 e. The summed E-state index contributed by atoms with van der Waals surface area (Å²) < 4.78 is 0.827. The Labute approximate surface area is 125 Å². The number of nitrogens with zero attached hydrogens (tertiary/aromatic N) is 2. The monoisotopic (exact) mass is 335 g/mol. The highest BCUT2D eigenvalue weighted by molar-refractivity contribution is 9.10. The third-order valence-electron chi connectivity index (χ3n) is 2.64. The SMILES string of the molecule is Cc1cc(C)c(C#N)c(Nc2ccc(Br)c(Cl)c2)n1. The van der Waals surface area contributed by atoms with Gasteiger partial charge in [0.2, 0.25) is 0 Å². The topological polar surface area (TPSA) is 48.7 Å². The first-order chi connectivity index (χ1) is 9.01. The molecule has 0 aliphatic heterocycles. The molecule has 0 unspecified atom stereocenters. The van der Waals surface area contributed by atoms with Crippen molar-refractivity contribution in [2.75, 3.05) is 5.32 Å². The summed E-state index contributed by atoms with van der Waals surface area (Å²) in [4.78, 5) is 4.36. The zero-order chi connectivity index (χ0) is 14.0. The number of hydrogen-bond acceptors (Lipinski definition) is 3. The molecule has 0 saturated carbocycles. The molecule has 2 rings (SSSR count). The lowest BCUT2D eigenvalue weighted by Crippen LogP contribution is -2.00. The zero-order valence-corrected chi connectivity index (χ0v) is 12.8. The van der Waals surface area contributed by atoms with E-state index in [1.54, 1.807) is 6.07 Å². The van der Waals surface area contributed by atoms with Crippen molar-refractivity contribution in [3.63, 3.8) is 0 Å². The minimum atomic E-state index is 0.546. The second-order valence-corrected chi connectivity index (χ2v) is 5.43. The van der Waals surface area contributed by atoms with Crippen LogP contribution >= 0.6 is 27.5 Å². The molecule has 1 N–H and O–H groups in total. The van der Waals surface area contributed by atoms with E-state index in [0.29, 0.717) is 16.4 Å². The van der Waals surface area contributed by atoms with Gasteiger partial charge in [0.15, 0.2) is 0 Å². The molecule has 0 amide bonds. The number of nitrogens with one attached hydrogen (secondary N) is 1. The Kier molecular flexibility index (Phi) is 4.08. The van der Waals surface area contributed by atoms with E-state index in [2.05, 4.69) is 32.3 Å². The van der Waals surface area contributed by atoms with Gasteiger partial charge in [-0.05, 0) is 59.6 Å². The molecule has 0 spiro atoms. The van der Waals surface area contributed by atoms with Gasteiger partial charge in [0, 0.05) is 15.9 Å². The summed E-state index contributed by atoms with van der Waals surface area (Å²) in [5.74, 6) is 0.554. The van der Waals surface area contributed by atoms with E-state index in [0.717, 1.165) is 21.4 Å². The zero-order valence-electron chi connectivity index (χ0n) is 10.5. The molecule has 2 aromatic rings. The number of benzene rings is 1. The number of aryl methyl sites for hydroxylation is 2. The summed E-state index contributed by atoms with van der Waals surface area (Å²) in [6.45, 7) is 3.79. The van der Waals surface area contributed by atoms with Gasteiger partial charge in [0.25, 0.3) is 0 Å².